The maximum absolute atomic E-state index is 14.9. The van der Waals surface area contributed by atoms with E-state index in [1.807, 2.05) is 19.9 Å². The molecule has 13 nitrogen and oxygen atoms in total. The molecular weight excluding hydrogens is 616 g/mol. The van der Waals surface area contributed by atoms with Crippen LogP contribution >= 0.6 is 0 Å². The number of hydrogen-bond acceptors (Lipinski definition) is 13. The fourth-order valence-electron chi connectivity index (χ4n) is 10.8. The number of hydrogen-bond donors (Lipinski definition) is 1. The zero-order chi connectivity index (χ0) is 33.5. The van der Waals surface area contributed by atoms with Crippen LogP contribution < -0.4 is 0 Å². The molecule has 0 radical (unpaired) electrons. The normalized spacial score (nSPS) is 52.3. The molecule has 0 amide bonds. The van der Waals surface area contributed by atoms with Crippen LogP contribution in [0.15, 0.2) is 23.3 Å². The molecule has 0 aromatic heterocycles. The van der Waals surface area contributed by atoms with Crippen molar-refractivity contribution in [1.29, 1.82) is 0 Å². The number of Topliss-reactive ketones (excluding diaryl/α,β-unsaturated/α-hetero) is 1. The number of ketones is 1. The van der Waals surface area contributed by atoms with Gasteiger partial charge in [0.05, 0.1) is 23.7 Å². The molecule has 8 aliphatic rings. The molecule has 4 heterocycles. The maximum atomic E-state index is 14.9. The Labute approximate surface area is 272 Å². The van der Waals surface area contributed by atoms with E-state index in [1.54, 1.807) is 6.92 Å². The summed E-state index contributed by atoms with van der Waals surface area (Å²) < 4.78 is 48.8. The lowest BCUT2D eigenvalue weighted by atomic mass is 9.43. The zero-order valence-corrected chi connectivity index (χ0v) is 27.4. The van der Waals surface area contributed by atoms with Crippen molar-refractivity contribution in [3.8, 4) is 0 Å². The van der Waals surface area contributed by atoms with Gasteiger partial charge in [0.1, 0.15) is 30.0 Å². The molecule has 47 heavy (non-hydrogen) atoms. The zero-order valence-electron chi connectivity index (χ0n) is 27.4. The van der Waals surface area contributed by atoms with Crippen molar-refractivity contribution >= 4 is 23.7 Å². The van der Waals surface area contributed by atoms with Crippen LogP contribution in [0.2, 0.25) is 0 Å². The van der Waals surface area contributed by atoms with Gasteiger partial charge in [-0.25, -0.2) is 4.79 Å². The first kappa shape index (κ1) is 31.6. The number of methoxy groups -OCH3 is 1. The molecule has 4 aliphatic heterocycles. The molecule has 8 rings (SSSR count). The molecule has 0 aromatic carbocycles. The Hall–Kier alpha value is -2.68. The highest BCUT2D eigenvalue weighted by Gasteiger charge is 2.89. The minimum atomic E-state index is -1.68. The SMILES string of the molecule is CO[C@@H]1C[C@@H](C)O[C@H]2O[C@@H]3C=C4C[C@@H]5O[C@]56[C@H]([C@H](OC(C)=O)C(=O)[C@]5(C)[C@@H](C7=CC(=O)OC7)CC[C@]65O)[C@@]4(C)C[C@H]3O[C@]21OC(C)=O. The summed E-state index contributed by atoms with van der Waals surface area (Å²) in [6.07, 6.45) is 0.264. The van der Waals surface area contributed by atoms with Gasteiger partial charge in [-0.2, -0.15) is 0 Å². The average Bonchev–Trinajstić information content (AvgIpc) is 3.43. The first-order chi connectivity index (χ1) is 22.1. The smallest absolute Gasteiger partial charge is 0.331 e. The van der Waals surface area contributed by atoms with E-state index in [-0.39, 0.29) is 25.6 Å². The molecular formula is C34H42O13. The summed E-state index contributed by atoms with van der Waals surface area (Å²) >= 11 is 0. The minimum Gasteiger partial charge on any atom is -0.458 e. The summed E-state index contributed by atoms with van der Waals surface area (Å²) in [5, 5.41) is 12.9. The van der Waals surface area contributed by atoms with Crippen molar-refractivity contribution < 1.29 is 62.2 Å². The van der Waals surface area contributed by atoms with Gasteiger partial charge in [-0.05, 0) is 51.0 Å². The summed E-state index contributed by atoms with van der Waals surface area (Å²) in [6.45, 7) is 8.20. The molecule has 1 N–H and O–H groups in total. The summed E-state index contributed by atoms with van der Waals surface area (Å²) in [6, 6.07) is 0. The van der Waals surface area contributed by atoms with Crippen LogP contribution in [-0.2, 0) is 57.1 Å². The molecule has 1 spiro atoms. The molecule has 0 unspecified atom stereocenters. The molecule has 0 bridgehead atoms. The van der Waals surface area contributed by atoms with Gasteiger partial charge in [0.15, 0.2) is 11.9 Å². The van der Waals surface area contributed by atoms with Crippen molar-refractivity contribution in [2.75, 3.05) is 13.7 Å². The lowest BCUT2D eigenvalue weighted by Crippen LogP contribution is -2.76. The highest BCUT2D eigenvalue weighted by Crippen LogP contribution is 2.77. The van der Waals surface area contributed by atoms with Gasteiger partial charge in [-0.1, -0.05) is 18.6 Å². The Kier molecular flexibility index (Phi) is 6.68. The number of fused-ring (bicyclic) bond motifs is 5. The van der Waals surface area contributed by atoms with Gasteiger partial charge in [0, 0.05) is 44.8 Å². The number of epoxide rings is 1. The van der Waals surface area contributed by atoms with Crippen molar-refractivity contribution in [1.82, 2.24) is 0 Å². The van der Waals surface area contributed by atoms with Crippen LogP contribution in [0.4, 0.5) is 0 Å². The van der Waals surface area contributed by atoms with E-state index >= 15 is 0 Å². The van der Waals surface area contributed by atoms with E-state index in [0.29, 0.717) is 24.8 Å². The van der Waals surface area contributed by atoms with E-state index in [4.69, 9.17) is 37.9 Å². The molecule has 256 valence electrons. The predicted octanol–water partition coefficient (Wildman–Crippen LogP) is 1.82. The predicted molar refractivity (Wildman–Crippen MR) is 156 cm³/mol. The topological polar surface area (TPSA) is 166 Å². The molecule has 0 aromatic rings. The lowest BCUT2D eigenvalue weighted by Gasteiger charge is -2.62. The molecule has 3 saturated carbocycles. The second-order valence-corrected chi connectivity index (χ2v) is 15.1. The van der Waals surface area contributed by atoms with E-state index in [0.717, 1.165) is 5.57 Å². The Bertz CT molecular complexity index is 1520. The number of ether oxygens (including phenoxy) is 8. The van der Waals surface area contributed by atoms with E-state index in [1.165, 1.54) is 27.0 Å². The quantitative estimate of drug-likeness (QED) is 0.201. The van der Waals surface area contributed by atoms with Crippen LogP contribution in [0.1, 0.15) is 66.7 Å². The van der Waals surface area contributed by atoms with Crippen LogP contribution in [0.5, 0.6) is 0 Å². The minimum absolute atomic E-state index is 0.0441. The van der Waals surface area contributed by atoms with Crippen molar-refractivity contribution in [2.45, 2.75) is 127 Å². The third-order valence-electron chi connectivity index (χ3n) is 12.8. The number of esters is 3. The van der Waals surface area contributed by atoms with E-state index in [2.05, 4.69) is 0 Å². The first-order valence-corrected chi connectivity index (χ1v) is 16.6. The Balaban J connectivity index is 1.22. The number of carbonyl (C=O) groups excluding carboxylic acids is 4. The number of carbonyl (C=O) groups is 4. The van der Waals surface area contributed by atoms with Crippen molar-refractivity contribution in [3.63, 3.8) is 0 Å². The summed E-state index contributed by atoms with van der Waals surface area (Å²) in [7, 11) is 1.52. The van der Waals surface area contributed by atoms with Crippen LogP contribution in [-0.4, -0.2) is 102 Å². The molecule has 4 aliphatic carbocycles. The second kappa shape index (κ2) is 9.95. The van der Waals surface area contributed by atoms with Crippen LogP contribution in [0.25, 0.3) is 0 Å². The van der Waals surface area contributed by atoms with Gasteiger partial charge < -0.3 is 43.0 Å². The Morgan fingerprint density at radius 1 is 1.09 bits per heavy atom. The maximum Gasteiger partial charge on any atom is 0.331 e. The number of aliphatic hydroxyl groups is 1. The van der Waals surface area contributed by atoms with Gasteiger partial charge >= 0.3 is 17.9 Å². The second-order valence-electron chi connectivity index (χ2n) is 15.1. The van der Waals surface area contributed by atoms with Crippen molar-refractivity contribution in [2.24, 2.45) is 22.7 Å². The monoisotopic (exact) mass is 658 g/mol. The molecule has 6 fully saturated rings. The summed E-state index contributed by atoms with van der Waals surface area (Å²) in [5.41, 5.74) is -3.52. The summed E-state index contributed by atoms with van der Waals surface area (Å²) in [5.74, 6) is -5.05. The molecule has 14 atom stereocenters. The van der Waals surface area contributed by atoms with Gasteiger partial charge in [-0.3, -0.25) is 14.4 Å². The Morgan fingerprint density at radius 3 is 2.51 bits per heavy atom. The molecule has 13 heteroatoms. The highest BCUT2D eigenvalue weighted by atomic mass is 16.8. The highest BCUT2D eigenvalue weighted by molar-refractivity contribution is 5.96. The fourth-order valence-corrected chi connectivity index (χ4v) is 10.8. The largest absolute Gasteiger partial charge is 0.458 e. The third kappa shape index (κ3) is 3.87. The first-order valence-electron chi connectivity index (χ1n) is 16.6. The summed E-state index contributed by atoms with van der Waals surface area (Å²) in [4.78, 5) is 52.1. The van der Waals surface area contributed by atoms with E-state index in [9.17, 15) is 24.3 Å². The van der Waals surface area contributed by atoms with Crippen LogP contribution in [0.3, 0.4) is 0 Å². The number of rotatable bonds is 4. The average molecular weight is 659 g/mol. The van der Waals surface area contributed by atoms with Gasteiger partial charge in [0.25, 0.3) is 5.79 Å². The third-order valence-corrected chi connectivity index (χ3v) is 12.8. The van der Waals surface area contributed by atoms with Crippen LogP contribution in [0, 0.1) is 22.7 Å². The standard InChI is InChI=1S/C34H42O13/c1-15-9-24(40-6)34(45-17(3)36)29(42-15)44-21-11-19-12-23-33(47-23)27(30(19,4)13-22(21)46-34)26(43-16(2)35)28(38)31(5)20(7-8-32(31,33)39)18-10-25(37)41-14-18/h10-11,15,20-24,26-27,29,39H,7-9,12-14H2,1-6H3/t15-,20-,21-,22-,23+,24-,26+,27-,29+,30+,31+,32-,33+,34+/m1/s1. The lowest BCUT2D eigenvalue weighted by molar-refractivity contribution is -0.449. The van der Waals surface area contributed by atoms with E-state index < -0.39 is 100 Å². The number of cyclic esters (lactones) is 1. The van der Waals surface area contributed by atoms with Gasteiger partial charge in [-0.15, -0.1) is 0 Å². The van der Waals surface area contributed by atoms with Crippen molar-refractivity contribution in [3.05, 3.63) is 23.3 Å². The van der Waals surface area contributed by atoms with Gasteiger partial charge in [0.2, 0.25) is 6.29 Å². The Morgan fingerprint density at radius 2 is 1.85 bits per heavy atom. The molecule has 3 saturated heterocycles. The fraction of sp³-hybridized carbons (Fsp3) is 0.765.